The van der Waals surface area contributed by atoms with Gasteiger partial charge in [-0.25, -0.2) is 0 Å². The summed E-state index contributed by atoms with van der Waals surface area (Å²) in [6, 6.07) is 17.7. The van der Waals surface area contributed by atoms with Crippen molar-refractivity contribution in [2.75, 3.05) is 38.2 Å². The molecule has 1 saturated heterocycles. The molecule has 3 aromatic rings. The van der Waals surface area contributed by atoms with Crippen LogP contribution in [0.4, 0.5) is 5.13 Å². The lowest BCUT2D eigenvalue weighted by Gasteiger charge is -2.35. The van der Waals surface area contributed by atoms with Gasteiger partial charge in [0, 0.05) is 37.7 Å². The van der Waals surface area contributed by atoms with Crippen LogP contribution in [-0.2, 0) is 4.79 Å². The summed E-state index contributed by atoms with van der Waals surface area (Å²) in [5, 5.41) is 11.2. The fourth-order valence-electron chi connectivity index (χ4n) is 4.89. The van der Waals surface area contributed by atoms with E-state index in [4.69, 9.17) is 4.74 Å². The van der Waals surface area contributed by atoms with Crippen molar-refractivity contribution in [1.82, 2.24) is 15.1 Å². The molecule has 2 aliphatic rings. The highest BCUT2D eigenvalue weighted by Gasteiger charge is 2.27. The molecule has 6 nitrogen and oxygen atoms in total. The van der Waals surface area contributed by atoms with E-state index in [1.165, 1.54) is 37.1 Å². The van der Waals surface area contributed by atoms with Crippen molar-refractivity contribution >= 4 is 34.0 Å². The Balaban J connectivity index is 1.28. The van der Waals surface area contributed by atoms with Gasteiger partial charge in [-0.1, -0.05) is 73.1 Å². The highest BCUT2D eigenvalue weighted by molar-refractivity contribution is 7.15. The van der Waals surface area contributed by atoms with Gasteiger partial charge in [-0.2, -0.15) is 0 Å². The Morgan fingerprint density at radius 1 is 0.943 bits per heavy atom. The second-order valence-corrected chi connectivity index (χ2v) is 10.2. The minimum atomic E-state index is 0.0619. The average molecular weight is 489 g/mol. The molecule has 35 heavy (non-hydrogen) atoms. The first kappa shape index (κ1) is 23.5. The van der Waals surface area contributed by atoms with Crippen molar-refractivity contribution in [2.45, 2.75) is 38.0 Å². The van der Waals surface area contributed by atoms with Crippen molar-refractivity contribution in [3.63, 3.8) is 0 Å². The van der Waals surface area contributed by atoms with Crippen LogP contribution in [0.2, 0.25) is 0 Å². The molecule has 0 spiro atoms. The van der Waals surface area contributed by atoms with E-state index in [-0.39, 0.29) is 5.91 Å². The third-order valence-electron chi connectivity index (χ3n) is 6.96. The van der Waals surface area contributed by atoms with Gasteiger partial charge >= 0.3 is 0 Å². The number of methoxy groups -OCH3 is 1. The first-order chi connectivity index (χ1) is 17.2. The van der Waals surface area contributed by atoms with E-state index in [9.17, 15) is 4.79 Å². The summed E-state index contributed by atoms with van der Waals surface area (Å²) in [5.74, 6) is 1.44. The molecule has 1 aliphatic heterocycles. The molecule has 5 rings (SSSR count). The summed E-state index contributed by atoms with van der Waals surface area (Å²) in [7, 11) is 1.65. The Morgan fingerprint density at radius 3 is 2.34 bits per heavy atom. The van der Waals surface area contributed by atoms with E-state index in [0.29, 0.717) is 24.6 Å². The van der Waals surface area contributed by atoms with Gasteiger partial charge in [0.25, 0.3) is 5.91 Å². The van der Waals surface area contributed by atoms with Crippen LogP contribution in [0, 0.1) is 0 Å². The van der Waals surface area contributed by atoms with Crippen molar-refractivity contribution in [1.29, 1.82) is 0 Å². The quantitative estimate of drug-likeness (QED) is 0.340. The Labute approximate surface area is 211 Å². The number of nitrogens with zero attached hydrogens (tertiary/aromatic N) is 4. The lowest BCUT2D eigenvalue weighted by molar-refractivity contribution is -0.125. The summed E-state index contributed by atoms with van der Waals surface area (Å²) >= 11 is 1.74. The summed E-state index contributed by atoms with van der Waals surface area (Å²) in [5.41, 5.74) is 2.61. The smallest absolute Gasteiger partial charge is 0.254 e. The number of hydrogen-bond acceptors (Lipinski definition) is 6. The number of ether oxygens (including phenoxy) is 1. The van der Waals surface area contributed by atoms with Crippen LogP contribution < -0.4 is 9.64 Å². The van der Waals surface area contributed by atoms with Crippen molar-refractivity contribution in [2.24, 2.45) is 0 Å². The van der Waals surface area contributed by atoms with Gasteiger partial charge in [-0.05, 0) is 42.2 Å². The van der Waals surface area contributed by atoms with Crippen molar-refractivity contribution in [3.8, 4) is 5.75 Å². The number of hydrogen-bond donors (Lipinski definition) is 0. The predicted molar refractivity (Wildman–Crippen MR) is 142 cm³/mol. The Hall–Kier alpha value is -3.19. The molecule has 7 heteroatoms. The molecule has 1 aliphatic carbocycles. The van der Waals surface area contributed by atoms with Crippen LogP contribution in [0.1, 0.15) is 54.2 Å². The topological polar surface area (TPSA) is 58.6 Å². The molecular formula is C28H32N4O2S. The van der Waals surface area contributed by atoms with Gasteiger partial charge < -0.3 is 14.5 Å². The fourth-order valence-corrected chi connectivity index (χ4v) is 5.96. The molecule has 1 aromatic heterocycles. The lowest BCUT2D eigenvalue weighted by atomic mass is 9.90. The first-order valence-corrected chi connectivity index (χ1v) is 13.3. The predicted octanol–water partition coefficient (Wildman–Crippen LogP) is 5.48. The maximum absolute atomic E-state index is 13.7. The van der Waals surface area contributed by atoms with Crippen LogP contribution in [0.5, 0.6) is 5.75 Å². The summed E-state index contributed by atoms with van der Waals surface area (Å²) in [6.07, 6.45) is 8.39. The molecule has 2 heterocycles. The standard InChI is InChI=1S/C28H32N4O2S/c1-34-24-14-12-21(13-15-24)20-25(22-8-4-2-5-9-22)27(33)31-16-18-32(19-17-31)28-30-29-26(35-28)23-10-6-3-7-11-23/h2,4-5,8-9,12-15,20,23H,3,6-7,10-11,16-19H2,1H3/b25-20+. The zero-order valence-electron chi connectivity index (χ0n) is 20.2. The summed E-state index contributed by atoms with van der Waals surface area (Å²) in [4.78, 5) is 17.9. The highest BCUT2D eigenvalue weighted by atomic mass is 32.1. The average Bonchev–Trinajstić information content (AvgIpc) is 3.43. The number of aromatic nitrogens is 2. The van der Waals surface area contributed by atoms with E-state index in [1.807, 2.05) is 65.6 Å². The molecule has 0 unspecified atom stereocenters. The number of anilines is 1. The maximum atomic E-state index is 13.7. The zero-order chi connectivity index (χ0) is 24.0. The molecule has 1 amide bonds. The second-order valence-electron chi connectivity index (χ2n) is 9.23. The normalized spacial score (nSPS) is 17.5. The number of rotatable bonds is 6. The van der Waals surface area contributed by atoms with Crippen LogP contribution in [-0.4, -0.2) is 54.3 Å². The fraction of sp³-hybridized carbons (Fsp3) is 0.393. The van der Waals surface area contributed by atoms with E-state index in [2.05, 4.69) is 15.1 Å². The van der Waals surface area contributed by atoms with Gasteiger partial charge in [0.15, 0.2) is 0 Å². The summed E-state index contributed by atoms with van der Waals surface area (Å²) in [6.45, 7) is 2.89. The number of piperazine rings is 1. The van der Waals surface area contributed by atoms with Crippen LogP contribution in [0.15, 0.2) is 54.6 Å². The van der Waals surface area contributed by atoms with Gasteiger partial charge in [0.05, 0.1) is 7.11 Å². The number of carbonyl (C=O) groups is 1. The van der Waals surface area contributed by atoms with E-state index >= 15 is 0 Å². The number of benzene rings is 2. The van der Waals surface area contributed by atoms with Gasteiger partial charge in [0.1, 0.15) is 10.8 Å². The second kappa shape index (κ2) is 11.0. The number of amides is 1. The van der Waals surface area contributed by atoms with Crippen LogP contribution >= 0.6 is 11.3 Å². The molecule has 1 saturated carbocycles. The number of carbonyl (C=O) groups excluding carboxylic acids is 1. The minimum Gasteiger partial charge on any atom is -0.497 e. The van der Waals surface area contributed by atoms with E-state index < -0.39 is 0 Å². The van der Waals surface area contributed by atoms with Gasteiger partial charge in [-0.15, -0.1) is 10.2 Å². The van der Waals surface area contributed by atoms with E-state index in [0.717, 1.165) is 35.1 Å². The first-order valence-electron chi connectivity index (χ1n) is 12.5. The lowest BCUT2D eigenvalue weighted by Crippen LogP contribution is -2.49. The molecule has 2 aromatic carbocycles. The molecule has 2 fully saturated rings. The molecule has 0 atom stereocenters. The van der Waals surface area contributed by atoms with Gasteiger partial charge in [0.2, 0.25) is 5.13 Å². The third kappa shape index (κ3) is 5.56. The molecule has 0 N–H and O–H groups in total. The van der Waals surface area contributed by atoms with Crippen molar-refractivity contribution in [3.05, 3.63) is 70.7 Å². The largest absolute Gasteiger partial charge is 0.497 e. The summed E-state index contributed by atoms with van der Waals surface area (Å²) < 4.78 is 5.27. The molecule has 0 bridgehead atoms. The molecular weight excluding hydrogens is 456 g/mol. The SMILES string of the molecule is COc1ccc(/C=C(/C(=O)N2CCN(c3nnc(C4CCCCC4)s3)CC2)c2ccccc2)cc1. The highest BCUT2D eigenvalue weighted by Crippen LogP contribution is 2.36. The molecule has 182 valence electrons. The Morgan fingerprint density at radius 2 is 1.66 bits per heavy atom. The van der Waals surface area contributed by atoms with Crippen LogP contribution in [0.3, 0.4) is 0 Å². The maximum Gasteiger partial charge on any atom is 0.254 e. The Kier molecular flexibility index (Phi) is 7.42. The zero-order valence-corrected chi connectivity index (χ0v) is 21.0. The monoisotopic (exact) mass is 488 g/mol. The van der Waals surface area contributed by atoms with E-state index in [1.54, 1.807) is 18.4 Å². The Bertz CT molecular complexity index is 1150. The van der Waals surface area contributed by atoms with Crippen molar-refractivity contribution < 1.29 is 9.53 Å². The molecule has 0 radical (unpaired) electrons. The van der Waals surface area contributed by atoms with Gasteiger partial charge in [-0.3, -0.25) is 4.79 Å². The minimum absolute atomic E-state index is 0.0619. The third-order valence-corrected chi connectivity index (χ3v) is 8.11. The van der Waals surface area contributed by atoms with Crippen LogP contribution in [0.25, 0.3) is 11.6 Å².